The number of hydrogen-bond donors (Lipinski definition) is 1. The van der Waals surface area contributed by atoms with Crippen molar-refractivity contribution in [3.8, 4) is 5.75 Å². The fourth-order valence-corrected chi connectivity index (χ4v) is 2.76. The summed E-state index contributed by atoms with van der Waals surface area (Å²) in [6, 6.07) is 17.9. The van der Waals surface area contributed by atoms with Crippen LogP contribution in [0.2, 0.25) is 0 Å². The molecule has 1 aliphatic rings. The lowest BCUT2D eigenvalue weighted by atomic mass is 10.1. The SMILES string of the molecule is O=C(COc1ccccc1)NCCc1ccc(N2CCOCC2)cc1. The Morgan fingerprint density at radius 1 is 1.04 bits per heavy atom. The summed E-state index contributed by atoms with van der Waals surface area (Å²) in [7, 11) is 0. The topological polar surface area (TPSA) is 50.8 Å². The van der Waals surface area contributed by atoms with Crippen molar-refractivity contribution in [2.24, 2.45) is 0 Å². The van der Waals surface area contributed by atoms with E-state index in [0.717, 1.165) is 32.7 Å². The molecule has 1 heterocycles. The number of nitrogens with one attached hydrogen (secondary N) is 1. The Kier molecular flexibility index (Phi) is 6.29. The molecule has 1 fully saturated rings. The molecule has 0 aliphatic carbocycles. The lowest BCUT2D eigenvalue weighted by Crippen LogP contribution is -2.36. The smallest absolute Gasteiger partial charge is 0.257 e. The molecule has 0 saturated carbocycles. The van der Waals surface area contributed by atoms with Gasteiger partial charge in [0.25, 0.3) is 5.91 Å². The Morgan fingerprint density at radius 2 is 1.76 bits per heavy atom. The number of rotatable bonds is 7. The number of para-hydroxylation sites is 1. The second-order valence-electron chi connectivity index (χ2n) is 5.97. The van der Waals surface area contributed by atoms with Crippen LogP contribution in [0.5, 0.6) is 5.75 Å². The van der Waals surface area contributed by atoms with Crippen LogP contribution in [0.3, 0.4) is 0 Å². The van der Waals surface area contributed by atoms with Gasteiger partial charge in [0.1, 0.15) is 5.75 Å². The Morgan fingerprint density at radius 3 is 2.48 bits per heavy atom. The minimum Gasteiger partial charge on any atom is -0.484 e. The summed E-state index contributed by atoms with van der Waals surface area (Å²) in [4.78, 5) is 14.1. The average molecular weight is 340 g/mol. The lowest BCUT2D eigenvalue weighted by molar-refractivity contribution is -0.123. The van der Waals surface area contributed by atoms with Gasteiger partial charge in [-0.05, 0) is 36.2 Å². The van der Waals surface area contributed by atoms with E-state index in [0.29, 0.717) is 12.3 Å². The first-order valence-electron chi connectivity index (χ1n) is 8.67. The quantitative estimate of drug-likeness (QED) is 0.840. The van der Waals surface area contributed by atoms with Crippen molar-refractivity contribution in [2.75, 3.05) is 44.4 Å². The Hall–Kier alpha value is -2.53. The molecule has 3 rings (SSSR count). The summed E-state index contributed by atoms with van der Waals surface area (Å²) in [5.74, 6) is 0.602. The third kappa shape index (κ3) is 5.50. The molecule has 0 spiro atoms. The predicted octanol–water partition coefficient (Wildman–Crippen LogP) is 2.26. The van der Waals surface area contributed by atoms with Crippen LogP contribution >= 0.6 is 0 Å². The fraction of sp³-hybridized carbons (Fsp3) is 0.350. The maximum absolute atomic E-state index is 11.8. The van der Waals surface area contributed by atoms with E-state index in [2.05, 4.69) is 34.5 Å². The monoisotopic (exact) mass is 340 g/mol. The molecule has 1 aliphatic heterocycles. The first-order valence-corrected chi connectivity index (χ1v) is 8.67. The molecule has 2 aromatic carbocycles. The Bertz CT molecular complexity index is 652. The van der Waals surface area contributed by atoms with E-state index >= 15 is 0 Å². The van der Waals surface area contributed by atoms with Gasteiger partial charge in [-0.1, -0.05) is 30.3 Å². The number of carbonyl (C=O) groups is 1. The van der Waals surface area contributed by atoms with Crippen LogP contribution in [0.15, 0.2) is 54.6 Å². The lowest BCUT2D eigenvalue weighted by Gasteiger charge is -2.28. The second-order valence-corrected chi connectivity index (χ2v) is 5.97. The van der Waals surface area contributed by atoms with Gasteiger partial charge in [0.15, 0.2) is 6.61 Å². The highest BCUT2D eigenvalue weighted by atomic mass is 16.5. The highest BCUT2D eigenvalue weighted by Gasteiger charge is 2.10. The molecule has 1 N–H and O–H groups in total. The van der Waals surface area contributed by atoms with Gasteiger partial charge in [-0.15, -0.1) is 0 Å². The van der Waals surface area contributed by atoms with Crippen LogP contribution < -0.4 is 15.0 Å². The van der Waals surface area contributed by atoms with E-state index in [9.17, 15) is 4.79 Å². The van der Waals surface area contributed by atoms with E-state index in [1.807, 2.05) is 30.3 Å². The van der Waals surface area contributed by atoms with Gasteiger partial charge in [-0.25, -0.2) is 0 Å². The van der Waals surface area contributed by atoms with E-state index in [4.69, 9.17) is 9.47 Å². The number of amides is 1. The molecular weight excluding hydrogens is 316 g/mol. The number of nitrogens with zero attached hydrogens (tertiary/aromatic N) is 1. The van der Waals surface area contributed by atoms with Crippen molar-refractivity contribution in [1.29, 1.82) is 0 Å². The van der Waals surface area contributed by atoms with Crippen LogP contribution in [0, 0.1) is 0 Å². The van der Waals surface area contributed by atoms with Crippen molar-refractivity contribution in [3.05, 3.63) is 60.2 Å². The van der Waals surface area contributed by atoms with E-state index in [1.54, 1.807) is 0 Å². The van der Waals surface area contributed by atoms with Crippen molar-refractivity contribution >= 4 is 11.6 Å². The van der Waals surface area contributed by atoms with E-state index in [-0.39, 0.29) is 12.5 Å². The van der Waals surface area contributed by atoms with Crippen LogP contribution in [0.25, 0.3) is 0 Å². The molecule has 25 heavy (non-hydrogen) atoms. The second kappa shape index (κ2) is 9.08. The maximum atomic E-state index is 11.8. The maximum Gasteiger partial charge on any atom is 0.257 e. The minimum absolute atomic E-state index is 0.0416. The zero-order valence-electron chi connectivity index (χ0n) is 14.3. The minimum atomic E-state index is -0.103. The van der Waals surface area contributed by atoms with Crippen molar-refractivity contribution in [3.63, 3.8) is 0 Å². The first kappa shape index (κ1) is 17.3. The van der Waals surface area contributed by atoms with Gasteiger partial charge in [0, 0.05) is 25.3 Å². The molecule has 132 valence electrons. The third-order valence-electron chi connectivity index (χ3n) is 4.16. The largest absolute Gasteiger partial charge is 0.484 e. The molecular formula is C20H24N2O3. The first-order chi connectivity index (χ1) is 12.3. The molecule has 5 nitrogen and oxygen atoms in total. The van der Waals surface area contributed by atoms with Crippen molar-refractivity contribution in [2.45, 2.75) is 6.42 Å². The standard InChI is InChI=1S/C20H24N2O3/c23-20(16-25-19-4-2-1-3-5-19)21-11-10-17-6-8-18(9-7-17)22-12-14-24-15-13-22/h1-9H,10-16H2,(H,21,23). The van der Waals surface area contributed by atoms with Crippen molar-refractivity contribution < 1.29 is 14.3 Å². The number of morpholine rings is 1. The fourth-order valence-electron chi connectivity index (χ4n) is 2.76. The molecule has 0 aromatic heterocycles. The molecule has 1 saturated heterocycles. The Labute approximate surface area is 148 Å². The van der Waals surface area contributed by atoms with Gasteiger partial charge >= 0.3 is 0 Å². The summed E-state index contributed by atoms with van der Waals surface area (Å²) in [6.07, 6.45) is 0.806. The molecule has 0 atom stereocenters. The summed E-state index contributed by atoms with van der Waals surface area (Å²) in [6.45, 7) is 4.11. The van der Waals surface area contributed by atoms with Crippen LogP contribution in [0.1, 0.15) is 5.56 Å². The van der Waals surface area contributed by atoms with Gasteiger partial charge in [0.05, 0.1) is 13.2 Å². The highest BCUT2D eigenvalue weighted by Crippen LogP contribution is 2.16. The average Bonchev–Trinajstić information content (AvgIpc) is 2.68. The summed E-state index contributed by atoms with van der Waals surface area (Å²) in [5.41, 5.74) is 2.44. The number of carbonyl (C=O) groups excluding carboxylic acids is 1. The van der Waals surface area contributed by atoms with Gasteiger partial charge < -0.3 is 19.7 Å². The zero-order chi connectivity index (χ0) is 17.3. The summed E-state index contributed by atoms with van der Waals surface area (Å²) < 4.78 is 10.8. The number of benzene rings is 2. The molecule has 0 bridgehead atoms. The predicted molar refractivity (Wildman–Crippen MR) is 98.1 cm³/mol. The molecule has 1 amide bonds. The van der Waals surface area contributed by atoms with Crippen LogP contribution in [-0.4, -0.2) is 45.4 Å². The van der Waals surface area contributed by atoms with Crippen LogP contribution in [-0.2, 0) is 16.0 Å². The third-order valence-corrected chi connectivity index (χ3v) is 4.16. The number of hydrogen-bond acceptors (Lipinski definition) is 4. The molecule has 0 radical (unpaired) electrons. The number of anilines is 1. The molecule has 0 unspecified atom stereocenters. The summed E-state index contributed by atoms with van der Waals surface area (Å²) in [5, 5.41) is 2.89. The van der Waals surface area contributed by atoms with Crippen LogP contribution in [0.4, 0.5) is 5.69 Å². The highest BCUT2D eigenvalue weighted by molar-refractivity contribution is 5.77. The normalized spacial score (nSPS) is 14.2. The van der Waals surface area contributed by atoms with Gasteiger partial charge in [-0.3, -0.25) is 4.79 Å². The van der Waals surface area contributed by atoms with Gasteiger partial charge in [-0.2, -0.15) is 0 Å². The summed E-state index contributed by atoms with van der Waals surface area (Å²) >= 11 is 0. The number of ether oxygens (including phenoxy) is 2. The van der Waals surface area contributed by atoms with Gasteiger partial charge in [0.2, 0.25) is 0 Å². The molecule has 2 aromatic rings. The van der Waals surface area contributed by atoms with E-state index < -0.39 is 0 Å². The molecule has 5 heteroatoms. The zero-order valence-corrected chi connectivity index (χ0v) is 14.3. The van der Waals surface area contributed by atoms with E-state index in [1.165, 1.54) is 11.3 Å². The van der Waals surface area contributed by atoms with Crippen molar-refractivity contribution in [1.82, 2.24) is 5.32 Å². The Balaban J connectivity index is 1.37.